The molecule has 0 bridgehead atoms. The van der Waals surface area contributed by atoms with Crippen molar-refractivity contribution < 1.29 is 9.59 Å². The highest BCUT2D eigenvalue weighted by molar-refractivity contribution is 7.22. The molecule has 3 aromatic rings. The van der Waals surface area contributed by atoms with Crippen molar-refractivity contribution in [3.8, 4) is 0 Å². The van der Waals surface area contributed by atoms with Gasteiger partial charge in [-0.25, -0.2) is 9.78 Å². The molecule has 0 saturated carbocycles. The van der Waals surface area contributed by atoms with Crippen molar-refractivity contribution in [3.63, 3.8) is 0 Å². The Hall–Kier alpha value is -3.13. The Morgan fingerprint density at radius 1 is 1.04 bits per heavy atom. The molecule has 8 heteroatoms. The molecular weight excluding hydrogens is 362 g/mol. The van der Waals surface area contributed by atoms with E-state index < -0.39 is 6.03 Å². The molecule has 1 aliphatic heterocycles. The van der Waals surface area contributed by atoms with E-state index in [0.29, 0.717) is 16.9 Å². The van der Waals surface area contributed by atoms with Gasteiger partial charge in [-0.1, -0.05) is 17.4 Å². The van der Waals surface area contributed by atoms with Gasteiger partial charge in [0.1, 0.15) is 0 Å². The maximum atomic E-state index is 12.5. The minimum atomic E-state index is -0.669. The van der Waals surface area contributed by atoms with Gasteiger partial charge in [0.2, 0.25) is 0 Å². The number of thiazole rings is 1. The van der Waals surface area contributed by atoms with Crippen LogP contribution >= 0.6 is 11.3 Å². The summed E-state index contributed by atoms with van der Waals surface area (Å²) in [6.07, 6.45) is 2.42. The molecule has 2 aromatic carbocycles. The van der Waals surface area contributed by atoms with E-state index in [0.717, 1.165) is 28.4 Å². The normalized spacial score (nSPS) is 13.7. The lowest BCUT2D eigenvalue weighted by molar-refractivity contribution is 0.102. The third kappa shape index (κ3) is 3.85. The molecule has 0 spiro atoms. The minimum Gasteiger partial charge on any atom is -0.351 e. The van der Waals surface area contributed by atoms with Gasteiger partial charge < -0.3 is 21.3 Å². The topological polar surface area (TPSA) is 100 Å². The number of aromatic nitrogens is 1. The second-order valence-electron chi connectivity index (χ2n) is 6.40. The fraction of sp³-hybridized carbons (Fsp3) is 0.211. The number of fused-ring (bicyclic) bond motifs is 1. The number of carbonyl (C=O) groups is 2. The SMILES string of the molecule is NC(=O)Nc1cccc(C(=O)Nc2ccc3nc(N4CCCC4)sc3c2)c1. The van der Waals surface area contributed by atoms with Gasteiger partial charge in [-0.15, -0.1) is 0 Å². The summed E-state index contributed by atoms with van der Waals surface area (Å²) in [5.41, 5.74) is 7.67. The number of amides is 3. The van der Waals surface area contributed by atoms with Crippen molar-refractivity contribution in [2.45, 2.75) is 12.8 Å². The average Bonchev–Trinajstić information content (AvgIpc) is 3.30. The molecule has 1 fully saturated rings. The van der Waals surface area contributed by atoms with Crippen LogP contribution in [-0.2, 0) is 0 Å². The summed E-state index contributed by atoms with van der Waals surface area (Å²) in [6, 6.07) is 11.7. The van der Waals surface area contributed by atoms with E-state index in [1.54, 1.807) is 35.6 Å². The number of hydrogen-bond acceptors (Lipinski definition) is 5. The van der Waals surface area contributed by atoms with Crippen LogP contribution in [0.4, 0.5) is 21.3 Å². The summed E-state index contributed by atoms with van der Waals surface area (Å²) in [4.78, 5) is 30.5. The number of primary amides is 1. The minimum absolute atomic E-state index is 0.258. The van der Waals surface area contributed by atoms with Gasteiger partial charge in [-0.3, -0.25) is 4.79 Å². The number of nitrogens with one attached hydrogen (secondary N) is 2. The van der Waals surface area contributed by atoms with Crippen LogP contribution in [0.3, 0.4) is 0 Å². The smallest absolute Gasteiger partial charge is 0.316 e. The molecule has 0 unspecified atom stereocenters. The molecule has 27 heavy (non-hydrogen) atoms. The number of carbonyl (C=O) groups excluding carboxylic acids is 2. The van der Waals surface area contributed by atoms with Crippen molar-refractivity contribution in [3.05, 3.63) is 48.0 Å². The molecule has 138 valence electrons. The fourth-order valence-corrected chi connectivity index (χ4v) is 4.17. The van der Waals surface area contributed by atoms with Crippen molar-refractivity contribution in [1.29, 1.82) is 0 Å². The van der Waals surface area contributed by atoms with Gasteiger partial charge in [0, 0.05) is 30.0 Å². The van der Waals surface area contributed by atoms with Gasteiger partial charge >= 0.3 is 6.03 Å². The van der Waals surface area contributed by atoms with E-state index in [4.69, 9.17) is 10.7 Å². The summed E-state index contributed by atoms with van der Waals surface area (Å²) < 4.78 is 1.04. The molecule has 3 amide bonds. The second-order valence-corrected chi connectivity index (χ2v) is 7.41. The molecule has 0 atom stereocenters. The van der Waals surface area contributed by atoms with E-state index in [-0.39, 0.29) is 5.91 Å². The number of nitrogens with two attached hydrogens (primary N) is 1. The monoisotopic (exact) mass is 381 g/mol. The van der Waals surface area contributed by atoms with Crippen LogP contribution < -0.4 is 21.3 Å². The molecule has 4 rings (SSSR count). The van der Waals surface area contributed by atoms with E-state index in [1.165, 1.54) is 12.8 Å². The summed E-state index contributed by atoms with van der Waals surface area (Å²) in [5.74, 6) is -0.258. The first kappa shape index (κ1) is 17.3. The van der Waals surface area contributed by atoms with Gasteiger partial charge in [0.05, 0.1) is 10.2 Å². The molecule has 1 saturated heterocycles. The Balaban J connectivity index is 1.52. The Morgan fingerprint density at radius 2 is 1.81 bits per heavy atom. The Labute approximate surface area is 160 Å². The predicted molar refractivity (Wildman–Crippen MR) is 109 cm³/mol. The van der Waals surface area contributed by atoms with Gasteiger partial charge in [-0.2, -0.15) is 0 Å². The first-order valence-electron chi connectivity index (χ1n) is 8.72. The third-order valence-corrected chi connectivity index (χ3v) is 5.48. The zero-order valence-corrected chi connectivity index (χ0v) is 15.4. The molecule has 0 aliphatic carbocycles. The highest BCUT2D eigenvalue weighted by Crippen LogP contribution is 2.32. The van der Waals surface area contributed by atoms with Crippen molar-refractivity contribution >= 4 is 50.0 Å². The van der Waals surface area contributed by atoms with Crippen LogP contribution in [0.1, 0.15) is 23.2 Å². The van der Waals surface area contributed by atoms with Gasteiger partial charge in [0.25, 0.3) is 5.91 Å². The molecule has 2 heterocycles. The predicted octanol–water partition coefficient (Wildman–Crippen LogP) is 3.64. The molecular formula is C19H19N5O2S. The van der Waals surface area contributed by atoms with E-state index in [9.17, 15) is 9.59 Å². The first-order chi connectivity index (χ1) is 13.1. The lowest BCUT2D eigenvalue weighted by Gasteiger charge is -2.11. The van der Waals surface area contributed by atoms with Crippen LogP contribution in [-0.4, -0.2) is 30.0 Å². The van der Waals surface area contributed by atoms with E-state index in [2.05, 4.69) is 15.5 Å². The Kier molecular flexibility index (Phi) is 4.64. The number of rotatable bonds is 4. The van der Waals surface area contributed by atoms with Crippen LogP contribution in [0.5, 0.6) is 0 Å². The number of urea groups is 1. The summed E-state index contributed by atoms with van der Waals surface area (Å²) in [5, 5.41) is 6.40. The summed E-state index contributed by atoms with van der Waals surface area (Å²) in [7, 11) is 0. The van der Waals surface area contributed by atoms with Gasteiger partial charge in [0.15, 0.2) is 5.13 Å². The largest absolute Gasteiger partial charge is 0.351 e. The van der Waals surface area contributed by atoms with Crippen LogP contribution in [0.2, 0.25) is 0 Å². The van der Waals surface area contributed by atoms with Gasteiger partial charge in [-0.05, 0) is 49.2 Å². The zero-order chi connectivity index (χ0) is 18.8. The van der Waals surface area contributed by atoms with Crippen LogP contribution in [0.15, 0.2) is 42.5 Å². The van der Waals surface area contributed by atoms with Crippen molar-refractivity contribution in [2.24, 2.45) is 5.73 Å². The molecule has 4 N–H and O–H groups in total. The first-order valence-corrected chi connectivity index (χ1v) is 9.53. The maximum Gasteiger partial charge on any atom is 0.316 e. The Bertz CT molecular complexity index is 1010. The lowest BCUT2D eigenvalue weighted by Crippen LogP contribution is -2.19. The van der Waals surface area contributed by atoms with Crippen LogP contribution in [0, 0.1) is 0 Å². The molecule has 1 aliphatic rings. The summed E-state index contributed by atoms with van der Waals surface area (Å²) in [6.45, 7) is 2.11. The standard InChI is InChI=1S/C19H19N5O2S/c20-18(26)22-13-5-3-4-12(10-13)17(25)21-14-6-7-15-16(11-14)27-19(23-15)24-8-1-2-9-24/h3-7,10-11H,1-2,8-9H2,(H,21,25)(H3,20,22,26). The average molecular weight is 381 g/mol. The molecule has 7 nitrogen and oxygen atoms in total. The summed E-state index contributed by atoms with van der Waals surface area (Å²) >= 11 is 1.64. The fourth-order valence-electron chi connectivity index (χ4n) is 3.12. The van der Waals surface area contributed by atoms with E-state index >= 15 is 0 Å². The van der Waals surface area contributed by atoms with E-state index in [1.807, 2.05) is 18.2 Å². The highest BCUT2D eigenvalue weighted by Gasteiger charge is 2.16. The van der Waals surface area contributed by atoms with Crippen molar-refractivity contribution in [1.82, 2.24) is 4.98 Å². The number of nitrogens with zero attached hydrogens (tertiary/aromatic N) is 2. The maximum absolute atomic E-state index is 12.5. The number of hydrogen-bond donors (Lipinski definition) is 3. The molecule has 1 aromatic heterocycles. The third-order valence-electron chi connectivity index (χ3n) is 4.40. The van der Waals surface area contributed by atoms with Crippen molar-refractivity contribution in [2.75, 3.05) is 28.6 Å². The molecule has 0 radical (unpaired) electrons. The second kappa shape index (κ2) is 7.24. The zero-order valence-electron chi connectivity index (χ0n) is 14.6. The lowest BCUT2D eigenvalue weighted by atomic mass is 10.2. The number of anilines is 3. The quantitative estimate of drug-likeness (QED) is 0.642. The highest BCUT2D eigenvalue weighted by atomic mass is 32.1. The number of benzene rings is 2. The van der Waals surface area contributed by atoms with Crippen LogP contribution in [0.25, 0.3) is 10.2 Å². The Morgan fingerprint density at radius 3 is 2.59 bits per heavy atom.